The van der Waals surface area contributed by atoms with Crippen LogP contribution < -0.4 is 10.9 Å². The average molecular weight is 529 g/mol. The van der Waals surface area contributed by atoms with Crippen LogP contribution in [0.25, 0.3) is 21.3 Å². The molecule has 1 amide bonds. The van der Waals surface area contributed by atoms with Crippen LogP contribution in [-0.4, -0.2) is 15.5 Å². The molecule has 4 aromatic rings. The summed E-state index contributed by atoms with van der Waals surface area (Å²) in [6, 6.07) is 13.9. The zero-order chi connectivity index (χ0) is 21.4. The summed E-state index contributed by atoms with van der Waals surface area (Å²) in [5, 5.41) is 3.46. The maximum Gasteiger partial charge on any atom is 0.263 e. The lowest BCUT2D eigenvalue weighted by Crippen LogP contribution is -2.28. The molecule has 0 saturated heterocycles. The van der Waals surface area contributed by atoms with Crippen LogP contribution in [0.15, 0.2) is 53.6 Å². The zero-order valence-corrected chi connectivity index (χ0v) is 19.8. The van der Waals surface area contributed by atoms with Gasteiger partial charge in [-0.1, -0.05) is 29.8 Å². The van der Waals surface area contributed by atoms with Gasteiger partial charge >= 0.3 is 0 Å². The van der Waals surface area contributed by atoms with E-state index in [0.717, 1.165) is 36.4 Å². The van der Waals surface area contributed by atoms with Crippen LogP contribution in [0.4, 0.5) is 5.69 Å². The van der Waals surface area contributed by atoms with Gasteiger partial charge in [0.05, 0.1) is 11.7 Å². The highest BCUT2D eigenvalue weighted by Crippen LogP contribution is 2.35. The maximum absolute atomic E-state index is 13.3. The van der Waals surface area contributed by atoms with Crippen LogP contribution in [0.3, 0.4) is 0 Å². The number of aromatic nitrogens is 2. The predicted molar refractivity (Wildman–Crippen MR) is 131 cm³/mol. The van der Waals surface area contributed by atoms with Gasteiger partial charge in [0.2, 0.25) is 5.91 Å². The molecule has 2 aromatic heterocycles. The Morgan fingerprint density at radius 1 is 1.13 bits per heavy atom. The number of nitrogens with zero attached hydrogens (tertiary/aromatic N) is 2. The molecular formula is C23H20IN3O2S. The number of carbonyl (C=O) groups excluding carboxylic acids is 1. The van der Waals surface area contributed by atoms with Crippen LogP contribution in [0.2, 0.25) is 0 Å². The number of carbonyl (C=O) groups is 1. The van der Waals surface area contributed by atoms with Crippen molar-refractivity contribution < 1.29 is 4.79 Å². The van der Waals surface area contributed by atoms with Crippen molar-refractivity contribution in [1.29, 1.82) is 0 Å². The van der Waals surface area contributed by atoms with Gasteiger partial charge in [-0.2, -0.15) is 0 Å². The number of rotatable bonds is 4. The monoisotopic (exact) mass is 529 g/mol. The first-order valence-corrected chi connectivity index (χ1v) is 11.3. The Morgan fingerprint density at radius 3 is 2.57 bits per heavy atom. The van der Waals surface area contributed by atoms with E-state index < -0.39 is 0 Å². The van der Waals surface area contributed by atoms with E-state index in [1.54, 1.807) is 0 Å². The van der Waals surface area contributed by atoms with Gasteiger partial charge in [0.25, 0.3) is 5.56 Å². The van der Waals surface area contributed by atoms with E-state index in [2.05, 4.69) is 32.9 Å². The SMILES string of the molecule is Cc1ccc(-c2c(C)sc3ncn(CC(=O)Nc4ccc(I)cc4C)c(=O)c23)cc1. The quantitative estimate of drug-likeness (QED) is 0.366. The summed E-state index contributed by atoms with van der Waals surface area (Å²) in [4.78, 5) is 32.0. The van der Waals surface area contributed by atoms with Crippen LogP contribution in [0.5, 0.6) is 0 Å². The second-order valence-electron chi connectivity index (χ2n) is 7.26. The van der Waals surface area contributed by atoms with Gasteiger partial charge in [0.1, 0.15) is 11.4 Å². The second kappa shape index (κ2) is 8.31. The number of anilines is 1. The summed E-state index contributed by atoms with van der Waals surface area (Å²) >= 11 is 3.73. The normalized spacial score (nSPS) is 11.1. The average Bonchev–Trinajstić information content (AvgIpc) is 3.04. The van der Waals surface area contributed by atoms with Gasteiger partial charge in [-0.25, -0.2) is 4.98 Å². The lowest BCUT2D eigenvalue weighted by atomic mass is 10.0. The summed E-state index contributed by atoms with van der Waals surface area (Å²) in [7, 11) is 0. The number of nitrogens with one attached hydrogen (secondary N) is 1. The third-order valence-electron chi connectivity index (χ3n) is 4.97. The number of hydrogen-bond acceptors (Lipinski definition) is 4. The van der Waals surface area contributed by atoms with E-state index in [9.17, 15) is 9.59 Å². The van der Waals surface area contributed by atoms with Crippen LogP contribution in [0.1, 0.15) is 16.0 Å². The van der Waals surface area contributed by atoms with Crippen molar-refractivity contribution in [3.8, 4) is 11.1 Å². The third-order valence-corrected chi connectivity index (χ3v) is 6.66. The minimum absolute atomic E-state index is 0.0879. The number of aryl methyl sites for hydroxylation is 3. The van der Waals surface area contributed by atoms with Gasteiger partial charge in [0, 0.05) is 19.7 Å². The number of thiophene rings is 1. The molecule has 0 aliphatic heterocycles. The molecule has 5 nitrogen and oxygen atoms in total. The van der Waals surface area contributed by atoms with E-state index in [1.807, 2.05) is 63.2 Å². The van der Waals surface area contributed by atoms with Gasteiger partial charge in [-0.3, -0.25) is 14.2 Å². The van der Waals surface area contributed by atoms with Crippen LogP contribution in [0, 0.1) is 24.3 Å². The minimum atomic E-state index is -0.258. The van der Waals surface area contributed by atoms with E-state index in [0.29, 0.717) is 10.2 Å². The van der Waals surface area contributed by atoms with Crippen LogP contribution in [-0.2, 0) is 11.3 Å². The van der Waals surface area contributed by atoms with Crippen molar-refractivity contribution in [2.45, 2.75) is 27.3 Å². The highest BCUT2D eigenvalue weighted by molar-refractivity contribution is 14.1. The molecule has 0 unspecified atom stereocenters. The van der Waals surface area contributed by atoms with Gasteiger partial charge < -0.3 is 5.32 Å². The molecule has 0 radical (unpaired) electrons. The highest BCUT2D eigenvalue weighted by Gasteiger charge is 2.18. The Kier molecular flexibility index (Phi) is 5.75. The highest BCUT2D eigenvalue weighted by atomic mass is 127. The number of hydrogen-bond donors (Lipinski definition) is 1. The smallest absolute Gasteiger partial charge is 0.263 e. The van der Waals surface area contributed by atoms with Gasteiger partial charge in [-0.15, -0.1) is 11.3 Å². The molecule has 0 aliphatic rings. The van der Waals surface area contributed by atoms with Crippen molar-refractivity contribution in [2.75, 3.05) is 5.32 Å². The van der Waals surface area contributed by atoms with E-state index >= 15 is 0 Å². The first-order chi connectivity index (χ1) is 14.3. The lowest BCUT2D eigenvalue weighted by molar-refractivity contribution is -0.116. The number of amides is 1. The largest absolute Gasteiger partial charge is 0.324 e. The van der Waals surface area contributed by atoms with Crippen molar-refractivity contribution in [3.05, 3.63) is 78.7 Å². The van der Waals surface area contributed by atoms with E-state index in [4.69, 9.17) is 0 Å². The van der Waals surface area contributed by atoms with E-state index in [-0.39, 0.29) is 18.0 Å². The predicted octanol–water partition coefficient (Wildman–Crippen LogP) is 5.29. The molecule has 0 bridgehead atoms. The Labute approximate surface area is 191 Å². The van der Waals surface area contributed by atoms with Crippen molar-refractivity contribution >= 4 is 55.7 Å². The summed E-state index contributed by atoms with van der Waals surface area (Å²) < 4.78 is 2.48. The molecule has 0 fully saturated rings. The molecule has 0 atom stereocenters. The molecule has 0 spiro atoms. The fourth-order valence-electron chi connectivity index (χ4n) is 3.43. The fourth-order valence-corrected chi connectivity index (χ4v) is 5.08. The molecular weight excluding hydrogens is 509 g/mol. The molecule has 152 valence electrons. The standard InChI is InChI=1S/C23H20IN3O2S/c1-13-4-6-16(7-5-13)20-15(3)30-22-21(20)23(29)27(12-25-22)11-19(28)26-18-9-8-17(24)10-14(18)2/h4-10,12H,11H2,1-3H3,(H,26,28). The molecule has 7 heteroatoms. The van der Waals surface area contributed by atoms with Crippen LogP contribution >= 0.6 is 33.9 Å². The molecule has 0 aliphatic carbocycles. The number of fused-ring (bicyclic) bond motifs is 1. The molecule has 1 N–H and O–H groups in total. The molecule has 2 aromatic carbocycles. The fraction of sp³-hybridized carbons (Fsp3) is 0.174. The topological polar surface area (TPSA) is 64.0 Å². The minimum Gasteiger partial charge on any atom is -0.324 e. The summed E-state index contributed by atoms with van der Waals surface area (Å²) in [6.45, 7) is 5.89. The molecule has 4 rings (SSSR count). The number of halogens is 1. The molecule has 0 saturated carbocycles. The second-order valence-corrected chi connectivity index (χ2v) is 9.71. The van der Waals surface area contributed by atoms with Crippen molar-refractivity contribution in [3.63, 3.8) is 0 Å². The summed E-state index contributed by atoms with van der Waals surface area (Å²) in [5.74, 6) is -0.258. The summed E-state index contributed by atoms with van der Waals surface area (Å²) in [6.07, 6.45) is 1.46. The van der Waals surface area contributed by atoms with Gasteiger partial charge in [-0.05, 0) is 72.7 Å². The Morgan fingerprint density at radius 2 is 1.87 bits per heavy atom. The Balaban J connectivity index is 1.69. The first kappa shape index (κ1) is 20.7. The van der Waals surface area contributed by atoms with Crippen molar-refractivity contribution in [1.82, 2.24) is 9.55 Å². The first-order valence-electron chi connectivity index (χ1n) is 9.45. The third kappa shape index (κ3) is 4.04. The lowest BCUT2D eigenvalue weighted by Gasteiger charge is -2.10. The Bertz CT molecular complexity index is 1320. The molecule has 30 heavy (non-hydrogen) atoms. The summed E-state index contributed by atoms with van der Waals surface area (Å²) in [5.41, 5.74) is 4.57. The zero-order valence-electron chi connectivity index (χ0n) is 16.8. The van der Waals surface area contributed by atoms with Crippen molar-refractivity contribution in [2.24, 2.45) is 0 Å². The van der Waals surface area contributed by atoms with E-state index in [1.165, 1.54) is 22.2 Å². The van der Waals surface area contributed by atoms with Gasteiger partial charge in [0.15, 0.2) is 0 Å². The Hall–Kier alpha value is -2.52. The molecule has 2 heterocycles. The number of benzene rings is 2. The maximum atomic E-state index is 13.3.